The zero-order chi connectivity index (χ0) is 21.4. The predicted octanol–water partition coefficient (Wildman–Crippen LogP) is 2.02. The molecule has 0 aliphatic heterocycles. The number of benzene rings is 2. The fraction of sp³-hybridized carbons (Fsp3) is 0.250. The molecule has 2 aromatic rings. The van der Waals surface area contributed by atoms with Gasteiger partial charge in [0.25, 0.3) is 0 Å². The summed E-state index contributed by atoms with van der Waals surface area (Å²) in [6, 6.07) is 10.8. The Morgan fingerprint density at radius 3 is 2.21 bits per heavy atom. The number of anilines is 1. The maximum Gasteiger partial charge on any atom is 0.410 e. The summed E-state index contributed by atoms with van der Waals surface area (Å²) in [5, 5.41) is 20.7. The first-order valence-corrected chi connectivity index (χ1v) is 8.66. The molecule has 2 rings (SSSR count). The smallest absolute Gasteiger partial charge is 0.410 e. The molecule has 0 unspecified atom stereocenters. The molecule has 154 valence electrons. The van der Waals surface area contributed by atoms with Gasteiger partial charge in [-0.2, -0.15) is 0 Å². The third-order valence-corrected chi connectivity index (χ3v) is 4.09. The highest BCUT2D eigenvalue weighted by molar-refractivity contribution is 5.92. The second kappa shape index (κ2) is 10.2. The number of carboxylic acid groups (broad SMARTS) is 1. The number of nitrogens with zero attached hydrogens (tertiary/aromatic N) is 1. The molecule has 0 spiro atoms. The van der Waals surface area contributed by atoms with E-state index in [4.69, 9.17) is 14.9 Å². The molecule has 0 radical (unpaired) electrons. The number of aliphatic carboxylic acids is 1. The Morgan fingerprint density at radius 1 is 1.07 bits per heavy atom. The topological polar surface area (TPSA) is 116 Å². The van der Waals surface area contributed by atoms with Gasteiger partial charge in [-0.05, 0) is 35.4 Å². The van der Waals surface area contributed by atoms with Gasteiger partial charge in [-0.1, -0.05) is 24.3 Å². The number of hydrogen-bond acceptors (Lipinski definition) is 5. The number of rotatable bonds is 8. The van der Waals surface area contributed by atoms with Gasteiger partial charge in [0.15, 0.2) is 6.04 Å². The summed E-state index contributed by atoms with van der Waals surface area (Å²) < 4.78 is 17.9. The zero-order valence-electron chi connectivity index (χ0n) is 15.7. The quantitative estimate of drug-likeness (QED) is 0.620. The maximum atomic E-state index is 12.9. The van der Waals surface area contributed by atoms with Crippen molar-refractivity contribution in [2.75, 3.05) is 19.0 Å². The van der Waals surface area contributed by atoms with Crippen molar-refractivity contribution < 1.29 is 33.7 Å². The molecular weight excluding hydrogens is 383 g/mol. The van der Waals surface area contributed by atoms with Gasteiger partial charge in [0, 0.05) is 12.7 Å². The molecule has 1 atom stereocenters. The largest absolute Gasteiger partial charge is 0.480 e. The lowest BCUT2D eigenvalue weighted by Crippen LogP contribution is -2.44. The van der Waals surface area contributed by atoms with Crippen molar-refractivity contribution in [3.63, 3.8) is 0 Å². The van der Waals surface area contributed by atoms with Gasteiger partial charge in [-0.15, -0.1) is 0 Å². The number of ether oxygens (including phenoxy) is 1. The van der Waals surface area contributed by atoms with Crippen LogP contribution in [-0.4, -0.2) is 52.8 Å². The normalized spacial score (nSPS) is 11.4. The van der Waals surface area contributed by atoms with Gasteiger partial charge < -0.3 is 20.3 Å². The standard InChI is InChI=1S/C20H21FN2O6/c1-23(17(11-24)19(26)27)20(28)29-12-14-4-8-16(9-5-14)22-18(25)10-13-2-6-15(21)7-3-13/h2-9,17,24H,10-12H2,1H3,(H,22,25)(H,26,27)/t17-/m1/s1. The number of amides is 2. The molecule has 0 fully saturated rings. The van der Waals surface area contributed by atoms with Crippen molar-refractivity contribution >= 4 is 23.7 Å². The summed E-state index contributed by atoms with van der Waals surface area (Å²) in [6.07, 6.45) is -0.787. The van der Waals surface area contributed by atoms with E-state index in [0.29, 0.717) is 16.8 Å². The molecule has 2 aromatic carbocycles. The first kappa shape index (κ1) is 21.8. The number of carbonyl (C=O) groups is 3. The van der Waals surface area contributed by atoms with Crippen LogP contribution in [-0.2, 0) is 27.4 Å². The Morgan fingerprint density at radius 2 is 1.66 bits per heavy atom. The number of nitrogens with one attached hydrogen (secondary N) is 1. The van der Waals surface area contributed by atoms with Gasteiger partial charge in [-0.25, -0.2) is 14.0 Å². The zero-order valence-corrected chi connectivity index (χ0v) is 15.7. The monoisotopic (exact) mass is 404 g/mol. The molecule has 0 aliphatic rings. The van der Waals surface area contributed by atoms with Crippen molar-refractivity contribution in [3.8, 4) is 0 Å². The average molecular weight is 404 g/mol. The van der Waals surface area contributed by atoms with Crippen LogP contribution in [0.4, 0.5) is 14.9 Å². The number of carbonyl (C=O) groups excluding carboxylic acids is 2. The third-order valence-electron chi connectivity index (χ3n) is 4.09. The Hall–Kier alpha value is -3.46. The van der Waals surface area contributed by atoms with E-state index >= 15 is 0 Å². The van der Waals surface area contributed by atoms with Gasteiger partial charge in [0.2, 0.25) is 5.91 Å². The fourth-order valence-corrected chi connectivity index (χ4v) is 2.42. The minimum atomic E-state index is -1.39. The van der Waals surface area contributed by atoms with Crippen LogP contribution in [0, 0.1) is 5.82 Å². The minimum Gasteiger partial charge on any atom is -0.480 e. The van der Waals surface area contributed by atoms with Crippen molar-refractivity contribution in [2.24, 2.45) is 0 Å². The highest BCUT2D eigenvalue weighted by Crippen LogP contribution is 2.12. The van der Waals surface area contributed by atoms with E-state index in [0.717, 1.165) is 4.90 Å². The van der Waals surface area contributed by atoms with Gasteiger partial charge in [-0.3, -0.25) is 9.69 Å². The lowest BCUT2D eigenvalue weighted by Gasteiger charge is -2.22. The van der Waals surface area contributed by atoms with E-state index < -0.39 is 24.7 Å². The first-order chi connectivity index (χ1) is 13.8. The molecule has 3 N–H and O–H groups in total. The van der Waals surface area contributed by atoms with Crippen LogP contribution >= 0.6 is 0 Å². The summed E-state index contributed by atoms with van der Waals surface area (Å²) >= 11 is 0. The third kappa shape index (κ3) is 6.58. The van der Waals surface area contributed by atoms with Crippen LogP contribution in [0.2, 0.25) is 0 Å². The molecule has 2 amide bonds. The molecule has 29 heavy (non-hydrogen) atoms. The highest BCUT2D eigenvalue weighted by atomic mass is 19.1. The van der Waals surface area contributed by atoms with Crippen LogP contribution in [0.25, 0.3) is 0 Å². The lowest BCUT2D eigenvalue weighted by molar-refractivity contribution is -0.143. The maximum absolute atomic E-state index is 12.9. The lowest BCUT2D eigenvalue weighted by atomic mass is 10.1. The molecule has 9 heteroatoms. The second-order valence-corrected chi connectivity index (χ2v) is 6.25. The van der Waals surface area contributed by atoms with E-state index in [1.807, 2.05) is 0 Å². The second-order valence-electron chi connectivity index (χ2n) is 6.25. The fourth-order valence-electron chi connectivity index (χ4n) is 2.42. The summed E-state index contributed by atoms with van der Waals surface area (Å²) in [6.45, 7) is -0.835. The van der Waals surface area contributed by atoms with Crippen molar-refractivity contribution in [2.45, 2.75) is 19.1 Å². The van der Waals surface area contributed by atoms with Crippen molar-refractivity contribution in [1.29, 1.82) is 0 Å². The Balaban J connectivity index is 1.85. The highest BCUT2D eigenvalue weighted by Gasteiger charge is 2.26. The van der Waals surface area contributed by atoms with Gasteiger partial charge >= 0.3 is 12.1 Å². The molecule has 8 nitrogen and oxygen atoms in total. The first-order valence-electron chi connectivity index (χ1n) is 8.66. The summed E-state index contributed by atoms with van der Waals surface area (Å²) in [5.41, 5.74) is 1.84. The molecule has 0 saturated carbocycles. The summed E-state index contributed by atoms with van der Waals surface area (Å²) in [7, 11) is 1.22. The van der Waals surface area contributed by atoms with Crippen LogP contribution in [0.15, 0.2) is 48.5 Å². The van der Waals surface area contributed by atoms with E-state index in [2.05, 4.69) is 5.32 Å². The number of carboxylic acids is 1. The molecule has 0 aliphatic carbocycles. The minimum absolute atomic E-state index is 0.0988. The van der Waals surface area contributed by atoms with E-state index in [1.54, 1.807) is 24.3 Å². The molecule has 0 heterocycles. The van der Waals surface area contributed by atoms with Crippen LogP contribution < -0.4 is 5.32 Å². The average Bonchev–Trinajstić information content (AvgIpc) is 2.69. The number of aliphatic hydroxyl groups is 1. The van der Waals surface area contributed by atoms with Crippen molar-refractivity contribution in [3.05, 3.63) is 65.5 Å². The summed E-state index contributed by atoms with van der Waals surface area (Å²) in [5.74, 6) is -1.97. The summed E-state index contributed by atoms with van der Waals surface area (Å²) in [4.78, 5) is 35.7. The Kier molecular flexibility index (Phi) is 7.67. The van der Waals surface area contributed by atoms with Gasteiger partial charge in [0.05, 0.1) is 13.0 Å². The number of halogens is 1. The van der Waals surface area contributed by atoms with Crippen LogP contribution in [0.1, 0.15) is 11.1 Å². The van der Waals surface area contributed by atoms with Crippen LogP contribution in [0.3, 0.4) is 0 Å². The SMILES string of the molecule is CN(C(=O)OCc1ccc(NC(=O)Cc2ccc(F)cc2)cc1)[C@H](CO)C(=O)O. The molecule has 0 bridgehead atoms. The number of likely N-dealkylation sites (N-methyl/N-ethyl adjacent to an activating group) is 1. The van der Waals surface area contributed by atoms with Gasteiger partial charge in [0.1, 0.15) is 12.4 Å². The predicted molar refractivity (Wildman–Crippen MR) is 102 cm³/mol. The van der Waals surface area contributed by atoms with E-state index in [9.17, 15) is 18.8 Å². The Labute approximate surface area is 166 Å². The number of aliphatic hydroxyl groups excluding tert-OH is 1. The van der Waals surface area contributed by atoms with Crippen molar-refractivity contribution in [1.82, 2.24) is 4.90 Å². The van der Waals surface area contributed by atoms with Crippen LogP contribution in [0.5, 0.6) is 0 Å². The van der Waals surface area contributed by atoms with E-state index in [-0.39, 0.29) is 24.8 Å². The number of hydrogen-bond donors (Lipinski definition) is 3. The van der Waals surface area contributed by atoms with E-state index in [1.165, 1.54) is 31.3 Å². The molecule has 0 aromatic heterocycles. The molecular formula is C20H21FN2O6. The Bertz CT molecular complexity index is 854. The molecule has 0 saturated heterocycles.